The highest BCUT2D eigenvalue weighted by atomic mass is 32.2. The molecule has 486 valence electrons. The highest BCUT2D eigenvalue weighted by molar-refractivity contribution is 7.99. The lowest BCUT2D eigenvalue weighted by molar-refractivity contribution is -0.144. The van der Waals surface area contributed by atoms with Crippen molar-refractivity contribution in [3.63, 3.8) is 0 Å². The first-order chi connectivity index (χ1) is 41.7. The van der Waals surface area contributed by atoms with Crippen molar-refractivity contribution in [2.24, 2.45) is 35.3 Å². The van der Waals surface area contributed by atoms with E-state index in [1.54, 1.807) is 30.9 Å². The Morgan fingerprint density at radius 3 is 2.32 bits per heavy atom. The second kappa shape index (κ2) is 32.5. The number of aromatic amines is 1. The number of Topliss-reactive ketones (excluding diaryl/α,β-unsaturated/α-hetero) is 2. The molecule has 0 aliphatic carbocycles. The van der Waals surface area contributed by atoms with Gasteiger partial charge in [-0.25, -0.2) is 0 Å². The van der Waals surface area contributed by atoms with Crippen LogP contribution in [0.1, 0.15) is 109 Å². The van der Waals surface area contributed by atoms with E-state index in [0.29, 0.717) is 74.0 Å². The number of fused-ring (bicyclic) bond motifs is 5. The topological polar surface area (TPSA) is 433 Å². The van der Waals surface area contributed by atoms with Crippen LogP contribution in [-0.2, 0) is 80.5 Å². The van der Waals surface area contributed by atoms with E-state index in [9.17, 15) is 68.1 Å². The minimum atomic E-state index is -2.43. The summed E-state index contributed by atoms with van der Waals surface area (Å²) in [5, 5.41) is 56.6. The monoisotopic (exact) mass is 1270 g/mol. The molecule has 2 unspecified atom stereocenters. The predicted octanol–water partition coefficient (Wildman–Crippen LogP) is -1.81. The number of hydrogen-bond acceptors (Lipinski definition) is 18. The first-order valence-corrected chi connectivity index (χ1v) is 32.1. The predicted molar refractivity (Wildman–Crippen MR) is 319 cm³/mol. The summed E-state index contributed by atoms with van der Waals surface area (Å²) in [7, 11) is -0.990. The van der Waals surface area contributed by atoms with Gasteiger partial charge in [-0.05, 0) is 49.3 Å². The Labute approximate surface area is 515 Å². The van der Waals surface area contributed by atoms with E-state index in [2.05, 4.69) is 36.9 Å². The van der Waals surface area contributed by atoms with Crippen LogP contribution >= 0.6 is 11.8 Å². The standard InChI is InChI=1S/C58H84N10O18S2/c1-6-29(2)37-19-33(70)22-61-53(80)32-17-38-36-11-12-45(86-5)39(27-87-35-13-15-67(25-35)48(76)10-8-7-9-14-60-52(79)30(3)16-49(77)78)51(36)66-57(38)88(85)28-41(63-47(75)23-62-54(37)81)55(82)64-40(21-46(59)74)58(84)68-24-34(71)20-42(68)56(83)65-50(43(72)18-32)31(4)44(73)26-69/h11-12,29-32,34-35,37,40-42,44,50,66,69,71,73H,6-10,13-28H2,1-5H3,(H2,59,74)(H,60,79)(H,61,80)(H,62,81)(H,63,75)(H,64,82)(H,65,83)(H,77,78)/t29-,30?,31-,32+,34+,35-,37-,40-,41-,42-,44-,50-,88?/m0/s1. The number of benzene rings is 1. The Morgan fingerprint density at radius 1 is 0.909 bits per heavy atom. The Bertz CT molecular complexity index is 2980. The van der Waals surface area contributed by atoms with Crippen molar-refractivity contribution in [1.29, 1.82) is 0 Å². The molecule has 2 bridgehead atoms. The molecule has 5 heterocycles. The number of unbranched alkanes of at least 4 members (excludes halogenated alkanes) is 2. The van der Waals surface area contributed by atoms with Gasteiger partial charge in [0, 0.05) is 97.5 Å². The first-order valence-electron chi connectivity index (χ1n) is 29.8. The maximum absolute atomic E-state index is 15.4. The molecule has 9 amide bonds. The Balaban J connectivity index is 1.42. The summed E-state index contributed by atoms with van der Waals surface area (Å²) in [5.41, 5.74) is 6.68. The molecular weight excluding hydrogens is 1190 g/mol. The number of aromatic nitrogens is 1. The smallest absolute Gasteiger partial charge is 0.304 e. The zero-order valence-electron chi connectivity index (χ0n) is 50.2. The molecule has 6 rings (SSSR count). The van der Waals surface area contributed by atoms with Crippen LogP contribution in [0.25, 0.3) is 10.9 Å². The molecule has 28 nitrogen and oxygen atoms in total. The number of aliphatic carboxylic acids is 1. The Morgan fingerprint density at radius 2 is 1.64 bits per heavy atom. The fraction of sp³-hybridized carbons (Fsp3) is 0.655. The summed E-state index contributed by atoms with van der Waals surface area (Å²) in [5.74, 6) is -14.9. The van der Waals surface area contributed by atoms with Crippen LogP contribution in [0.2, 0.25) is 0 Å². The van der Waals surface area contributed by atoms with E-state index in [1.165, 1.54) is 32.7 Å². The number of carboxylic acids is 1. The number of H-pyrrole nitrogens is 1. The summed E-state index contributed by atoms with van der Waals surface area (Å²) in [6.07, 6.45) is -2.99. The number of amides is 9. The summed E-state index contributed by atoms with van der Waals surface area (Å²) in [6.45, 7) is 4.85. The molecule has 4 aliphatic rings. The van der Waals surface area contributed by atoms with E-state index in [0.717, 1.165) is 4.90 Å². The van der Waals surface area contributed by atoms with E-state index < -0.39 is 200 Å². The summed E-state index contributed by atoms with van der Waals surface area (Å²) in [4.78, 5) is 170. The molecule has 0 saturated carbocycles. The number of nitrogens with two attached hydrogens (primary N) is 1. The molecule has 2 fully saturated rings. The van der Waals surface area contributed by atoms with Gasteiger partial charge in [0.25, 0.3) is 0 Å². The van der Waals surface area contributed by atoms with Gasteiger partial charge in [0.05, 0.1) is 80.0 Å². The highest BCUT2D eigenvalue weighted by Gasteiger charge is 2.45. The number of nitrogens with zero attached hydrogens (tertiary/aromatic N) is 2. The third kappa shape index (κ3) is 18.5. The molecule has 30 heteroatoms. The Hall–Kier alpha value is -7.02. The summed E-state index contributed by atoms with van der Waals surface area (Å²) >= 11 is 1.51. The molecule has 0 spiro atoms. The number of ketones is 2. The molecule has 13 N–H and O–H groups in total. The van der Waals surface area contributed by atoms with Crippen molar-refractivity contribution in [2.45, 2.75) is 157 Å². The number of thioether (sulfide) groups is 1. The second-order valence-electron chi connectivity index (χ2n) is 23.4. The van der Waals surface area contributed by atoms with Crippen molar-refractivity contribution in [1.82, 2.24) is 46.7 Å². The Kier molecular flexibility index (Phi) is 25.8. The van der Waals surface area contributed by atoms with Crippen molar-refractivity contribution >= 4 is 104 Å². The average molecular weight is 1270 g/mol. The number of carboxylic acid groups (broad SMARTS) is 1. The van der Waals surface area contributed by atoms with Gasteiger partial charge >= 0.3 is 5.97 Å². The number of likely N-dealkylation sites (tertiary alicyclic amines) is 1. The molecule has 0 radical (unpaired) electrons. The molecule has 13 atom stereocenters. The maximum Gasteiger partial charge on any atom is 0.304 e. The number of nitrogens with one attached hydrogen (secondary N) is 7. The zero-order valence-corrected chi connectivity index (χ0v) is 51.9. The van der Waals surface area contributed by atoms with Gasteiger partial charge in [0.15, 0.2) is 11.6 Å². The molecule has 1 aromatic carbocycles. The number of methoxy groups -OCH3 is 1. The lowest BCUT2D eigenvalue weighted by atomic mass is 9.85. The first kappa shape index (κ1) is 70.1. The van der Waals surface area contributed by atoms with E-state index in [-0.39, 0.29) is 46.2 Å². The SMILES string of the molecule is CC[C@H](C)[C@@H]1CC(=O)CNC(=O)[C@H]2CC(=O)[C@H]([C@@H](C)[C@@H](O)CO)NC(=O)[C@@H]3C[C@@H](O)CN3C(=O)[C@H](CC(N)=O)NC(=O)[C@H](CS(=O)c3[nH]c4c(CS[C@H]5CCN(C(=O)CCCCCNC(=O)C(C)CC(=O)O)C5)c(OC)ccc4c3C2)NC(=O)CNC1=O. The number of aliphatic hydroxyl groups excluding tert-OH is 3. The number of rotatable bonds is 20. The van der Waals surface area contributed by atoms with Gasteiger partial charge in [-0.2, -0.15) is 11.8 Å². The molecule has 2 aromatic rings. The molecular formula is C58H84N10O18S2. The number of primary amides is 1. The summed E-state index contributed by atoms with van der Waals surface area (Å²) < 4.78 is 21.3. The molecule has 2 saturated heterocycles. The van der Waals surface area contributed by atoms with Gasteiger partial charge in [-0.3, -0.25) is 61.7 Å². The van der Waals surface area contributed by atoms with Crippen LogP contribution in [0.3, 0.4) is 0 Å². The highest BCUT2D eigenvalue weighted by Crippen LogP contribution is 2.39. The van der Waals surface area contributed by atoms with Crippen LogP contribution in [0.5, 0.6) is 5.75 Å². The fourth-order valence-corrected chi connectivity index (χ4v) is 14.1. The van der Waals surface area contributed by atoms with Gasteiger partial charge in [-0.1, -0.05) is 40.5 Å². The number of carbonyl (C=O) groups is 12. The van der Waals surface area contributed by atoms with Crippen LogP contribution in [-0.4, -0.2) is 210 Å². The molecule has 88 heavy (non-hydrogen) atoms. The van der Waals surface area contributed by atoms with Crippen LogP contribution in [0.4, 0.5) is 0 Å². The van der Waals surface area contributed by atoms with Crippen LogP contribution < -0.4 is 42.4 Å². The van der Waals surface area contributed by atoms with Crippen molar-refractivity contribution in [3.05, 3.63) is 23.3 Å². The maximum atomic E-state index is 15.4. The van der Waals surface area contributed by atoms with Crippen molar-refractivity contribution in [3.8, 4) is 5.75 Å². The third-order valence-corrected chi connectivity index (χ3v) is 19.6. The molecule has 4 aliphatic heterocycles. The van der Waals surface area contributed by atoms with E-state index >= 15 is 9.00 Å². The normalized spacial score (nSPS) is 26.1. The van der Waals surface area contributed by atoms with Crippen molar-refractivity contribution < 1.29 is 86.9 Å². The van der Waals surface area contributed by atoms with Gasteiger partial charge in [0.1, 0.15) is 28.9 Å². The van der Waals surface area contributed by atoms with Gasteiger partial charge in [-0.15, -0.1) is 0 Å². The lowest BCUT2D eigenvalue weighted by Crippen LogP contribution is -2.60. The van der Waals surface area contributed by atoms with Gasteiger partial charge in [0.2, 0.25) is 53.2 Å². The fourth-order valence-electron chi connectivity index (χ4n) is 11.5. The van der Waals surface area contributed by atoms with E-state index in [4.69, 9.17) is 15.6 Å². The van der Waals surface area contributed by atoms with Gasteiger partial charge < -0.3 is 77.6 Å². The second-order valence-corrected chi connectivity index (χ2v) is 26.1. The van der Waals surface area contributed by atoms with Crippen LogP contribution in [0.15, 0.2) is 17.2 Å². The largest absolute Gasteiger partial charge is 0.496 e. The third-order valence-electron chi connectivity index (χ3n) is 16.9. The van der Waals surface area contributed by atoms with Crippen LogP contribution in [0, 0.1) is 29.6 Å². The zero-order chi connectivity index (χ0) is 64.7. The average Bonchev–Trinajstić information content (AvgIpc) is 1.66. The minimum Gasteiger partial charge on any atom is -0.496 e. The van der Waals surface area contributed by atoms with E-state index in [1.807, 2.05) is 0 Å². The minimum absolute atomic E-state index is 0.0454. The summed E-state index contributed by atoms with van der Waals surface area (Å²) in [6, 6.07) is -3.71. The quantitative estimate of drug-likeness (QED) is 0.0650. The number of ether oxygens (including phenoxy) is 1. The number of aliphatic hydroxyl groups is 3. The number of hydrogen-bond donors (Lipinski definition) is 12. The lowest BCUT2D eigenvalue weighted by Gasteiger charge is -2.32. The van der Waals surface area contributed by atoms with Crippen molar-refractivity contribution in [2.75, 3.05) is 58.7 Å². The number of carbonyl (C=O) groups excluding carboxylic acids is 11. The molecule has 1 aromatic heterocycles.